The Balaban J connectivity index is 1.45. The van der Waals surface area contributed by atoms with Crippen molar-refractivity contribution in [1.29, 1.82) is 0 Å². The fourth-order valence-electron chi connectivity index (χ4n) is 3.65. The fourth-order valence-corrected chi connectivity index (χ4v) is 5.05. The summed E-state index contributed by atoms with van der Waals surface area (Å²) in [6, 6.07) is 22.8. The molecular weight excluding hydrogens is 535 g/mol. The van der Waals surface area contributed by atoms with Crippen LogP contribution in [0, 0.1) is 19.7 Å². The molecule has 40 heavy (non-hydrogen) atoms. The number of rotatable bonds is 9. The van der Waals surface area contributed by atoms with Gasteiger partial charge >= 0.3 is 11.8 Å². The van der Waals surface area contributed by atoms with Crippen molar-refractivity contribution in [2.24, 2.45) is 5.10 Å². The van der Waals surface area contributed by atoms with Crippen LogP contribution >= 0.6 is 0 Å². The number of para-hydroxylation sites is 1. The molecule has 4 rings (SSSR count). The van der Waals surface area contributed by atoms with Crippen LogP contribution in [0.1, 0.15) is 28.2 Å². The molecule has 0 bridgehead atoms. The molecule has 0 aliphatic carbocycles. The average Bonchev–Trinajstić information content (AvgIpc) is 3.38. The molecule has 0 aliphatic rings. The van der Waals surface area contributed by atoms with Crippen LogP contribution in [-0.4, -0.2) is 30.8 Å². The first-order chi connectivity index (χ1) is 19.1. The van der Waals surface area contributed by atoms with Crippen molar-refractivity contribution in [3.05, 3.63) is 119 Å². The molecule has 0 saturated heterocycles. The zero-order valence-electron chi connectivity index (χ0n) is 21.8. The van der Waals surface area contributed by atoms with Gasteiger partial charge in [-0.05, 0) is 55.8 Å². The minimum Gasteiger partial charge on any atom is -0.459 e. The topological polar surface area (TPSA) is 121 Å². The maximum absolute atomic E-state index is 13.7. The molecule has 0 atom stereocenters. The second-order valence-corrected chi connectivity index (χ2v) is 10.9. The molecule has 0 spiro atoms. The Morgan fingerprint density at radius 2 is 1.52 bits per heavy atom. The summed E-state index contributed by atoms with van der Waals surface area (Å²) in [6.07, 6.45) is 1.16. The van der Waals surface area contributed by atoms with Crippen molar-refractivity contribution >= 4 is 33.7 Å². The fraction of sp³-hybridized carbons (Fsp3) is 0.138. The minimum atomic E-state index is -3.87. The number of sulfonamides is 1. The normalized spacial score (nSPS) is 11.6. The van der Waals surface area contributed by atoms with Gasteiger partial charge in [0.25, 0.3) is 0 Å². The highest BCUT2D eigenvalue weighted by Gasteiger charge is 2.26. The van der Waals surface area contributed by atoms with Gasteiger partial charge in [-0.3, -0.25) is 9.59 Å². The SMILES string of the molecule is Cc1ccc(CN(Cc2ccc(/C=N/NC(=O)C(=O)Nc3ccccc3F)o2)S(=O)(=O)c2ccc(C)cc2)cc1. The number of carbonyl (C=O) groups excluding carboxylic acids is 2. The highest BCUT2D eigenvalue weighted by Crippen LogP contribution is 2.23. The number of furan rings is 1. The van der Waals surface area contributed by atoms with Crippen molar-refractivity contribution in [1.82, 2.24) is 9.73 Å². The summed E-state index contributed by atoms with van der Waals surface area (Å²) >= 11 is 0. The molecule has 4 aromatic rings. The zero-order chi connectivity index (χ0) is 28.7. The lowest BCUT2D eigenvalue weighted by atomic mass is 10.1. The molecule has 3 aromatic carbocycles. The molecule has 0 unspecified atom stereocenters. The zero-order valence-corrected chi connectivity index (χ0v) is 22.6. The monoisotopic (exact) mass is 562 g/mol. The summed E-state index contributed by atoms with van der Waals surface area (Å²) in [4.78, 5) is 24.1. The highest BCUT2D eigenvalue weighted by molar-refractivity contribution is 7.89. The number of anilines is 1. The summed E-state index contributed by atoms with van der Waals surface area (Å²) in [6.45, 7) is 3.89. The lowest BCUT2D eigenvalue weighted by Gasteiger charge is -2.21. The van der Waals surface area contributed by atoms with Crippen molar-refractivity contribution < 1.29 is 26.8 Å². The first kappa shape index (κ1) is 28.4. The molecule has 0 saturated carbocycles. The summed E-state index contributed by atoms with van der Waals surface area (Å²) in [7, 11) is -3.87. The van der Waals surface area contributed by atoms with Gasteiger partial charge in [-0.2, -0.15) is 9.41 Å². The van der Waals surface area contributed by atoms with E-state index < -0.39 is 27.7 Å². The number of benzene rings is 3. The molecular formula is C29H27FN4O5S. The number of carbonyl (C=O) groups is 2. The van der Waals surface area contributed by atoms with Gasteiger partial charge < -0.3 is 9.73 Å². The molecule has 1 aromatic heterocycles. The maximum Gasteiger partial charge on any atom is 0.329 e. The smallest absolute Gasteiger partial charge is 0.329 e. The standard InChI is InChI=1S/C29H27FN4O5S/c1-20-7-11-22(12-8-20)18-34(40(37,38)25-15-9-21(2)10-16-25)19-24-14-13-23(39-24)17-31-33-29(36)28(35)32-27-6-4-3-5-26(27)30/h3-17H,18-19H2,1-2H3,(H,32,35)(H,33,36)/b31-17+. The Labute approximate surface area is 231 Å². The second-order valence-electron chi connectivity index (χ2n) is 9.01. The van der Waals surface area contributed by atoms with Crippen LogP contribution in [0.5, 0.6) is 0 Å². The van der Waals surface area contributed by atoms with E-state index in [1.54, 1.807) is 36.4 Å². The van der Waals surface area contributed by atoms with Crippen molar-refractivity contribution in [2.75, 3.05) is 5.32 Å². The van der Waals surface area contributed by atoms with E-state index >= 15 is 0 Å². The Bertz CT molecular complexity index is 1630. The van der Waals surface area contributed by atoms with Gasteiger partial charge in [-0.25, -0.2) is 18.2 Å². The quantitative estimate of drug-likeness (QED) is 0.177. The van der Waals surface area contributed by atoms with E-state index in [1.165, 1.54) is 22.5 Å². The number of amides is 2. The van der Waals surface area contributed by atoms with E-state index in [0.717, 1.165) is 29.0 Å². The number of halogens is 1. The van der Waals surface area contributed by atoms with Crippen LogP contribution in [-0.2, 0) is 32.7 Å². The lowest BCUT2D eigenvalue weighted by molar-refractivity contribution is -0.136. The van der Waals surface area contributed by atoms with E-state index in [1.807, 2.05) is 43.5 Å². The van der Waals surface area contributed by atoms with Crippen LogP contribution in [0.3, 0.4) is 0 Å². The summed E-state index contributed by atoms with van der Waals surface area (Å²) in [5, 5.41) is 5.85. The van der Waals surface area contributed by atoms with Crippen molar-refractivity contribution in [3.8, 4) is 0 Å². The van der Waals surface area contributed by atoms with Gasteiger partial charge in [0, 0.05) is 6.54 Å². The van der Waals surface area contributed by atoms with Gasteiger partial charge in [0.2, 0.25) is 10.0 Å². The van der Waals surface area contributed by atoms with E-state index in [2.05, 4.69) is 10.4 Å². The van der Waals surface area contributed by atoms with Gasteiger partial charge in [0.05, 0.1) is 23.3 Å². The van der Waals surface area contributed by atoms with E-state index in [4.69, 9.17) is 4.42 Å². The summed E-state index contributed by atoms with van der Waals surface area (Å²) in [5.41, 5.74) is 4.71. The number of hydrogen-bond donors (Lipinski definition) is 2. The molecule has 206 valence electrons. The maximum atomic E-state index is 13.7. The van der Waals surface area contributed by atoms with E-state index in [-0.39, 0.29) is 29.4 Å². The van der Waals surface area contributed by atoms with Crippen LogP contribution in [0.15, 0.2) is 99.3 Å². The third-order valence-corrected chi connectivity index (χ3v) is 7.65. The van der Waals surface area contributed by atoms with Crippen LogP contribution in [0.4, 0.5) is 10.1 Å². The Hall–Kier alpha value is -4.61. The average molecular weight is 563 g/mol. The minimum absolute atomic E-state index is 0.0602. The van der Waals surface area contributed by atoms with Gasteiger partial charge in [0.15, 0.2) is 0 Å². The number of hydrazone groups is 1. The largest absolute Gasteiger partial charge is 0.459 e. The third kappa shape index (κ3) is 7.28. The summed E-state index contributed by atoms with van der Waals surface area (Å²) < 4.78 is 47.8. The first-order valence-electron chi connectivity index (χ1n) is 12.2. The first-order valence-corrected chi connectivity index (χ1v) is 13.7. The van der Waals surface area contributed by atoms with Gasteiger partial charge in [0.1, 0.15) is 17.3 Å². The molecule has 1 heterocycles. The predicted molar refractivity (Wildman–Crippen MR) is 148 cm³/mol. The van der Waals surface area contributed by atoms with Gasteiger partial charge in [-0.15, -0.1) is 0 Å². The molecule has 9 nitrogen and oxygen atoms in total. The molecule has 0 radical (unpaired) electrons. The molecule has 0 fully saturated rings. The summed E-state index contributed by atoms with van der Waals surface area (Å²) in [5.74, 6) is -2.34. The van der Waals surface area contributed by atoms with E-state index in [9.17, 15) is 22.4 Å². The van der Waals surface area contributed by atoms with Crippen LogP contribution in [0.2, 0.25) is 0 Å². The van der Waals surface area contributed by atoms with Crippen LogP contribution < -0.4 is 10.7 Å². The van der Waals surface area contributed by atoms with Crippen molar-refractivity contribution in [2.45, 2.75) is 31.8 Å². The predicted octanol–water partition coefficient (Wildman–Crippen LogP) is 4.52. The lowest BCUT2D eigenvalue weighted by Crippen LogP contribution is -2.32. The Kier molecular flexibility index (Phi) is 8.87. The number of nitrogens with zero attached hydrogens (tertiary/aromatic N) is 2. The number of nitrogens with one attached hydrogen (secondary N) is 2. The molecule has 2 N–H and O–H groups in total. The Morgan fingerprint density at radius 1 is 0.875 bits per heavy atom. The second kappa shape index (κ2) is 12.5. The van der Waals surface area contributed by atoms with E-state index in [0.29, 0.717) is 5.76 Å². The molecule has 11 heteroatoms. The highest BCUT2D eigenvalue weighted by atomic mass is 32.2. The number of hydrogen-bond acceptors (Lipinski definition) is 6. The van der Waals surface area contributed by atoms with Crippen molar-refractivity contribution in [3.63, 3.8) is 0 Å². The number of aryl methyl sites for hydroxylation is 2. The molecule has 2 amide bonds. The molecule has 0 aliphatic heterocycles. The van der Waals surface area contributed by atoms with Gasteiger partial charge in [-0.1, -0.05) is 59.7 Å². The Morgan fingerprint density at radius 3 is 2.20 bits per heavy atom. The third-order valence-electron chi connectivity index (χ3n) is 5.84. The van der Waals surface area contributed by atoms with Crippen LogP contribution in [0.25, 0.3) is 0 Å².